The van der Waals surface area contributed by atoms with Gasteiger partial charge in [-0.2, -0.15) is 13.2 Å². The molecule has 0 saturated carbocycles. The Hall–Kier alpha value is -2.06. The molecular formula is C21H22F4N2OS. The first-order valence-electron chi connectivity index (χ1n) is 9.28. The number of aryl methyl sites for hydroxylation is 1. The molecule has 3 nitrogen and oxygen atoms in total. The molecule has 1 fully saturated rings. The summed E-state index contributed by atoms with van der Waals surface area (Å²) in [4.78, 5) is 16.6. The van der Waals surface area contributed by atoms with Crippen molar-refractivity contribution in [1.82, 2.24) is 4.90 Å². The summed E-state index contributed by atoms with van der Waals surface area (Å²) < 4.78 is 52.1. The van der Waals surface area contributed by atoms with Crippen molar-refractivity contribution in [2.24, 2.45) is 0 Å². The highest BCUT2D eigenvalue weighted by molar-refractivity contribution is 7.99. The minimum absolute atomic E-state index is 0.0337. The van der Waals surface area contributed by atoms with Crippen LogP contribution in [0, 0.1) is 12.7 Å². The van der Waals surface area contributed by atoms with E-state index in [2.05, 4.69) is 0 Å². The molecular weight excluding hydrogens is 404 g/mol. The van der Waals surface area contributed by atoms with Crippen LogP contribution in [-0.2, 0) is 0 Å². The minimum Gasteiger partial charge on any atom is -0.367 e. The molecule has 1 heterocycles. The molecule has 0 atom stereocenters. The van der Waals surface area contributed by atoms with Crippen molar-refractivity contribution in [3.05, 3.63) is 59.4 Å². The van der Waals surface area contributed by atoms with Gasteiger partial charge in [0.05, 0.1) is 18.0 Å². The van der Waals surface area contributed by atoms with Gasteiger partial charge >= 0.3 is 6.18 Å². The van der Waals surface area contributed by atoms with Crippen LogP contribution < -0.4 is 4.90 Å². The first-order valence-corrected chi connectivity index (χ1v) is 10.3. The zero-order valence-corrected chi connectivity index (χ0v) is 16.8. The van der Waals surface area contributed by atoms with Gasteiger partial charge in [-0.05, 0) is 24.6 Å². The zero-order valence-electron chi connectivity index (χ0n) is 16.0. The topological polar surface area (TPSA) is 23.6 Å². The van der Waals surface area contributed by atoms with E-state index >= 15 is 0 Å². The molecule has 0 bridgehead atoms. The van der Waals surface area contributed by atoms with Gasteiger partial charge in [0.1, 0.15) is 5.82 Å². The summed E-state index contributed by atoms with van der Waals surface area (Å²) in [5, 5.41) is 0. The number of alkyl halides is 3. The highest BCUT2D eigenvalue weighted by Crippen LogP contribution is 2.34. The van der Waals surface area contributed by atoms with Crippen molar-refractivity contribution < 1.29 is 22.4 Å². The number of halogens is 4. The van der Waals surface area contributed by atoms with Crippen LogP contribution in [-0.4, -0.2) is 55.3 Å². The van der Waals surface area contributed by atoms with Gasteiger partial charge in [0.25, 0.3) is 0 Å². The van der Waals surface area contributed by atoms with Crippen molar-refractivity contribution >= 4 is 23.2 Å². The molecule has 2 aromatic rings. The van der Waals surface area contributed by atoms with Crippen LogP contribution in [0.3, 0.4) is 0 Å². The number of nitrogens with zero attached hydrogens (tertiary/aromatic N) is 2. The van der Waals surface area contributed by atoms with Gasteiger partial charge in [-0.25, -0.2) is 4.39 Å². The van der Waals surface area contributed by atoms with E-state index < -0.39 is 17.7 Å². The maximum atomic E-state index is 14.5. The lowest BCUT2D eigenvalue weighted by Gasteiger charge is -2.36. The first-order chi connectivity index (χ1) is 13.7. The van der Waals surface area contributed by atoms with Gasteiger partial charge in [0.2, 0.25) is 0 Å². The fourth-order valence-corrected chi connectivity index (χ4v) is 4.07. The quantitative estimate of drug-likeness (QED) is 0.376. The van der Waals surface area contributed by atoms with E-state index in [1.807, 2.05) is 28.0 Å². The summed E-state index contributed by atoms with van der Waals surface area (Å²) in [6, 6.07) is 11.8. The van der Waals surface area contributed by atoms with Crippen molar-refractivity contribution in [3.8, 4) is 0 Å². The van der Waals surface area contributed by atoms with Gasteiger partial charge in [0, 0.05) is 36.6 Å². The molecule has 2 aromatic carbocycles. The smallest absolute Gasteiger partial charge is 0.367 e. The predicted molar refractivity (Wildman–Crippen MR) is 107 cm³/mol. The summed E-state index contributed by atoms with van der Waals surface area (Å²) in [7, 11) is 0. The van der Waals surface area contributed by atoms with E-state index in [1.54, 1.807) is 19.1 Å². The van der Waals surface area contributed by atoms with Gasteiger partial charge in [-0.15, -0.1) is 11.8 Å². The number of piperazine rings is 1. The third kappa shape index (κ3) is 5.96. The summed E-state index contributed by atoms with van der Waals surface area (Å²) in [6.45, 7) is 4.07. The SMILES string of the molecule is Cc1cc(F)c(N2CCN(CC(=O)c3ccccc3)CC2)cc1SCC(F)(F)F. The van der Waals surface area contributed by atoms with Crippen LogP contribution in [0.25, 0.3) is 0 Å². The summed E-state index contributed by atoms with van der Waals surface area (Å²) in [6.07, 6.45) is -4.28. The molecule has 1 aliphatic rings. The zero-order chi connectivity index (χ0) is 21.0. The maximum Gasteiger partial charge on any atom is 0.398 e. The molecule has 8 heteroatoms. The molecule has 0 aliphatic carbocycles. The highest BCUT2D eigenvalue weighted by Gasteiger charge is 2.28. The lowest BCUT2D eigenvalue weighted by molar-refractivity contribution is -0.105. The molecule has 0 aromatic heterocycles. The Kier molecular flexibility index (Phi) is 6.85. The Balaban J connectivity index is 1.62. The fourth-order valence-electron chi connectivity index (χ4n) is 3.26. The number of hydrogen-bond donors (Lipinski definition) is 0. The second-order valence-corrected chi connectivity index (χ2v) is 8.04. The Morgan fingerprint density at radius 3 is 2.34 bits per heavy atom. The molecule has 156 valence electrons. The number of carbonyl (C=O) groups is 1. The Morgan fingerprint density at radius 1 is 1.07 bits per heavy atom. The molecule has 0 N–H and O–H groups in total. The van der Waals surface area contributed by atoms with E-state index in [0.29, 0.717) is 66.2 Å². The largest absolute Gasteiger partial charge is 0.398 e. The molecule has 1 saturated heterocycles. The van der Waals surface area contributed by atoms with Gasteiger partial charge in [-0.1, -0.05) is 30.3 Å². The second kappa shape index (κ2) is 9.17. The average molecular weight is 426 g/mol. The monoisotopic (exact) mass is 426 g/mol. The number of thioether (sulfide) groups is 1. The molecule has 0 spiro atoms. The number of ketones is 1. The normalized spacial score (nSPS) is 15.6. The standard InChI is InChI=1S/C21H22F4N2OS/c1-15-11-17(22)18(12-20(15)29-14-21(23,24)25)27-9-7-26(8-10-27)13-19(28)16-5-3-2-4-6-16/h2-6,11-12H,7-10,13-14H2,1H3. The van der Waals surface area contributed by atoms with E-state index in [4.69, 9.17) is 0 Å². The third-order valence-corrected chi connectivity index (χ3v) is 6.03. The van der Waals surface area contributed by atoms with Crippen LogP contribution in [0.4, 0.5) is 23.2 Å². The summed E-state index contributed by atoms with van der Waals surface area (Å²) >= 11 is 0.674. The first kappa shape index (κ1) is 21.6. The number of carbonyl (C=O) groups excluding carboxylic acids is 1. The Morgan fingerprint density at radius 2 is 1.72 bits per heavy atom. The second-order valence-electron chi connectivity index (χ2n) is 7.03. The summed E-state index contributed by atoms with van der Waals surface area (Å²) in [5.74, 6) is -1.41. The highest BCUT2D eigenvalue weighted by atomic mass is 32.2. The van der Waals surface area contributed by atoms with E-state index in [1.165, 1.54) is 12.1 Å². The van der Waals surface area contributed by atoms with Gasteiger partial charge in [0.15, 0.2) is 5.78 Å². The molecule has 0 radical (unpaired) electrons. The van der Waals surface area contributed by atoms with E-state index in [-0.39, 0.29) is 5.78 Å². The summed E-state index contributed by atoms with van der Waals surface area (Å²) in [5.41, 5.74) is 1.47. The Labute approximate surface area is 171 Å². The third-order valence-electron chi connectivity index (χ3n) is 4.81. The van der Waals surface area contributed by atoms with Crippen molar-refractivity contribution in [2.75, 3.05) is 43.4 Å². The molecule has 0 amide bonds. The minimum atomic E-state index is -4.28. The fraction of sp³-hybridized carbons (Fsp3) is 0.381. The van der Waals surface area contributed by atoms with Crippen molar-refractivity contribution in [3.63, 3.8) is 0 Å². The lowest BCUT2D eigenvalue weighted by atomic mass is 10.1. The molecule has 0 unspecified atom stereocenters. The predicted octanol–water partition coefficient (Wildman–Crippen LogP) is 4.79. The van der Waals surface area contributed by atoms with Crippen LogP contribution >= 0.6 is 11.8 Å². The van der Waals surface area contributed by atoms with Crippen molar-refractivity contribution in [1.29, 1.82) is 0 Å². The van der Waals surface area contributed by atoms with Gasteiger partial charge < -0.3 is 4.90 Å². The lowest BCUT2D eigenvalue weighted by Crippen LogP contribution is -2.48. The number of benzene rings is 2. The van der Waals surface area contributed by atoms with Crippen LogP contribution in [0.2, 0.25) is 0 Å². The molecule has 3 rings (SSSR count). The maximum absolute atomic E-state index is 14.5. The van der Waals surface area contributed by atoms with Crippen molar-refractivity contribution in [2.45, 2.75) is 18.0 Å². The van der Waals surface area contributed by atoms with E-state index in [0.717, 1.165) is 0 Å². The molecule has 1 aliphatic heterocycles. The van der Waals surface area contributed by atoms with Crippen LogP contribution in [0.1, 0.15) is 15.9 Å². The number of anilines is 1. The number of Topliss-reactive ketones (excluding diaryl/α,β-unsaturated/α-hetero) is 1. The van der Waals surface area contributed by atoms with Crippen LogP contribution in [0.15, 0.2) is 47.4 Å². The number of hydrogen-bond acceptors (Lipinski definition) is 4. The number of rotatable bonds is 6. The average Bonchev–Trinajstić information content (AvgIpc) is 2.68. The molecule has 29 heavy (non-hydrogen) atoms. The Bertz CT molecular complexity index is 850. The van der Waals surface area contributed by atoms with Crippen LogP contribution in [0.5, 0.6) is 0 Å². The van der Waals surface area contributed by atoms with Gasteiger partial charge in [-0.3, -0.25) is 9.69 Å². The van der Waals surface area contributed by atoms with E-state index in [9.17, 15) is 22.4 Å².